The fourth-order valence-corrected chi connectivity index (χ4v) is 3.25. The van der Waals surface area contributed by atoms with Gasteiger partial charge in [-0.05, 0) is 6.42 Å². The van der Waals surface area contributed by atoms with Gasteiger partial charge in [-0.2, -0.15) is 9.97 Å². The molecule has 2 aromatic rings. The predicted octanol–water partition coefficient (Wildman–Crippen LogP) is 0.355. The molecule has 0 bridgehead atoms. The van der Waals surface area contributed by atoms with Gasteiger partial charge in [0.05, 0.1) is 25.6 Å². The van der Waals surface area contributed by atoms with E-state index in [0.29, 0.717) is 13.2 Å². The maximum absolute atomic E-state index is 9.31. The molecule has 2 aliphatic rings. The summed E-state index contributed by atoms with van der Waals surface area (Å²) in [6.07, 6.45) is 6.77. The highest BCUT2D eigenvalue weighted by atomic mass is 16.5. The topological polar surface area (TPSA) is 102 Å². The van der Waals surface area contributed by atoms with Crippen LogP contribution in [0, 0.1) is 5.92 Å². The van der Waals surface area contributed by atoms with Gasteiger partial charge in [0.1, 0.15) is 0 Å². The molecule has 1 saturated heterocycles. The standard InChI is InChI=1S/C15H20N6O2/c16-15-18-13(20-3-5-23-6-4-20)12-14(19-15)21(9-17-12)11-2-1-10(7-11)8-22/h1-2,9-11,22H,3-8H2,(H2,16,18,19)/t10-,11+/m1/s1. The van der Waals surface area contributed by atoms with Gasteiger partial charge in [-0.1, -0.05) is 12.2 Å². The lowest BCUT2D eigenvalue weighted by atomic mass is 10.1. The Morgan fingerprint density at radius 2 is 2.09 bits per heavy atom. The Balaban J connectivity index is 1.74. The van der Waals surface area contributed by atoms with Gasteiger partial charge in [-0.25, -0.2) is 4.98 Å². The van der Waals surface area contributed by atoms with Crippen molar-refractivity contribution in [3.05, 3.63) is 18.5 Å². The zero-order chi connectivity index (χ0) is 15.8. The van der Waals surface area contributed by atoms with E-state index in [-0.39, 0.29) is 24.5 Å². The van der Waals surface area contributed by atoms with Gasteiger partial charge < -0.3 is 25.0 Å². The van der Waals surface area contributed by atoms with Crippen LogP contribution in [0.5, 0.6) is 0 Å². The van der Waals surface area contributed by atoms with Crippen molar-refractivity contribution in [2.24, 2.45) is 5.92 Å². The van der Waals surface area contributed by atoms with Gasteiger partial charge in [-0.15, -0.1) is 0 Å². The second-order valence-corrected chi connectivity index (χ2v) is 5.96. The number of aliphatic hydroxyl groups is 1. The molecule has 4 rings (SSSR count). The largest absolute Gasteiger partial charge is 0.396 e. The van der Waals surface area contributed by atoms with E-state index >= 15 is 0 Å². The number of aromatic nitrogens is 4. The number of ether oxygens (including phenoxy) is 1. The summed E-state index contributed by atoms with van der Waals surface area (Å²) in [5.74, 6) is 1.21. The van der Waals surface area contributed by atoms with E-state index in [4.69, 9.17) is 10.5 Å². The highest BCUT2D eigenvalue weighted by Gasteiger charge is 2.25. The van der Waals surface area contributed by atoms with Crippen molar-refractivity contribution in [1.29, 1.82) is 0 Å². The summed E-state index contributed by atoms with van der Waals surface area (Å²) >= 11 is 0. The Hall–Kier alpha value is -2.19. The van der Waals surface area contributed by atoms with Gasteiger partial charge in [0.25, 0.3) is 0 Å². The van der Waals surface area contributed by atoms with Crippen LogP contribution in [0.2, 0.25) is 0 Å². The van der Waals surface area contributed by atoms with Crippen LogP contribution in [-0.4, -0.2) is 57.5 Å². The number of rotatable bonds is 3. The first-order valence-electron chi connectivity index (χ1n) is 7.88. The van der Waals surface area contributed by atoms with Crippen LogP contribution >= 0.6 is 0 Å². The van der Waals surface area contributed by atoms with E-state index < -0.39 is 0 Å². The van der Waals surface area contributed by atoms with Crippen molar-refractivity contribution in [3.63, 3.8) is 0 Å². The third-order valence-electron chi connectivity index (χ3n) is 4.47. The quantitative estimate of drug-likeness (QED) is 0.788. The molecule has 0 saturated carbocycles. The minimum Gasteiger partial charge on any atom is -0.396 e. The molecule has 2 atom stereocenters. The summed E-state index contributed by atoms with van der Waals surface area (Å²) in [5, 5.41) is 9.31. The van der Waals surface area contributed by atoms with Gasteiger partial charge in [-0.3, -0.25) is 0 Å². The maximum atomic E-state index is 9.31. The molecule has 1 fully saturated rings. The number of allylic oxidation sites excluding steroid dienone is 1. The number of anilines is 2. The first-order valence-corrected chi connectivity index (χ1v) is 7.88. The molecule has 0 unspecified atom stereocenters. The van der Waals surface area contributed by atoms with Gasteiger partial charge in [0, 0.05) is 25.6 Å². The summed E-state index contributed by atoms with van der Waals surface area (Å²) < 4.78 is 7.42. The number of aliphatic hydroxyl groups excluding tert-OH is 1. The van der Waals surface area contributed by atoms with E-state index in [0.717, 1.165) is 36.5 Å². The molecule has 0 amide bonds. The number of nitrogens with two attached hydrogens (primary N) is 1. The van der Waals surface area contributed by atoms with Crippen LogP contribution < -0.4 is 10.6 Å². The highest BCUT2D eigenvalue weighted by Crippen LogP contribution is 2.32. The number of hydrogen-bond donors (Lipinski definition) is 2. The van der Waals surface area contributed by atoms with Crippen molar-refractivity contribution >= 4 is 22.9 Å². The molecule has 0 radical (unpaired) electrons. The van der Waals surface area contributed by atoms with E-state index in [1.807, 2.05) is 10.6 Å². The third-order valence-corrected chi connectivity index (χ3v) is 4.47. The van der Waals surface area contributed by atoms with E-state index in [2.05, 4.69) is 25.9 Å². The zero-order valence-electron chi connectivity index (χ0n) is 12.8. The molecule has 2 aromatic heterocycles. The lowest BCUT2D eigenvalue weighted by Gasteiger charge is -2.27. The summed E-state index contributed by atoms with van der Waals surface area (Å²) in [6.45, 7) is 3.06. The molecule has 0 aromatic carbocycles. The Morgan fingerprint density at radius 1 is 1.26 bits per heavy atom. The lowest BCUT2D eigenvalue weighted by molar-refractivity contribution is 0.122. The highest BCUT2D eigenvalue weighted by molar-refractivity contribution is 5.85. The van der Waals surface area contributed by atoms with Crippen molar-refractivity contribution in [1.82, 2.24) is 19.5 Å². The summed E-state index contributed by atoms with van der Waals surface area (Å²) in [5.41, 5.74) is 7.44. The second-order valence-electron chi connectivity index (χ2n) is 5.96. The molecule has 122 valence electrons. The maximum Gasteiger partial charge on any atom is 0.224 e. The summed E-state index contributed by atoms with van der Waals surface area (Å²) in [4.78, 5) is 15.5. The summed E-state index contributed by atoms with van der Waals surface area (Å²) in [6, 6.07) is 0.143. The molecule has 0 spiro atoms. The second kappa shape index (κ2) is 5.78. The minimum absolute atomic E-state index is 0.143. The van der Waals surface area contributed by atoms with Crippen LogP contribution in [0.25, 0.3) is 11.2 Å². The van der Waals surface area contributed by atoms with E-state index in [1.165, 1.54) is 0 Å². The minimum atomic E-state index is 0.143. The fraction of sp³-hybridized carbons (Fsp3) is 0.533. The smallest absolute Gasteiger partial charge is 0.224 e. The predicted molar refractivity (Wildman–Crippen MR) is 86.1 cm³/mol. The zero-order valence-corrected chi connectivity index (χ0v) is 12.8. The molecule has 1 aliphatic heterocycles. The molecule has 3 heterocycles. The number of fused-ring (bicyclic) bond motifs is 1. The molecule has 8 nitrogen and oxygen atoms in total. The van der Waals surface area contributed by atoms with Crippen molar-refractivity contribution in [2.45, 2.75) is 12.5 Å². The number of hydrogen-bond acceptors (Lipinski definition) is 7. The molecule has 3 N–H and O–H groups in total. The van der Waals surface area contributed by atoms with Crippen LogP contribution in [0.4, 0.5) is 11.8 Å². The van der Waals surface area contributed by atoms with Crippen LogP contribution in [-0.2, 0) is 4.74 Å². The molecule has 8 heteroatoms. The van der Waals surface area contributed by atoms with Crippen LogP contribution in [0.1, 0.15) is 12.5 Å². The van der Waals surface area contributed by atoms with E-state index in [1.54, 1.807) is 6.33 Å². The van der Waals surface area contributed by atoms with Crippen molar-refractivity contribution in [3.8, 4) is 0 Å². The molecular formula is C15H20N6O2. The van der Waals surface area contributed by atoms with Gasteiger partial charge in [0.2, 0.25) is 5.95 Å². The van der Waals surface area contributed by atoms with Crippen LogP contribution in [0.3, 0.4) is 0 Å². The SMILES string of the molecule is Nc1nc(N2CCOCC2)c2ncn([C@H]3C=C[C@@H](CO)C3)c2n1. The Kier molecular flexibility index (Phi) is 3.62. The Morgan fingerprint density at radius 3 is 2.83 bits per heavy atom. The number of imidazole rings is 1. The average Bonchev–Trinajstić information content (AvgIpc) is 3.21. The molecular weight excluding hydrogens is 296 g/mol. The number of nitrogen functional groups attached to an aromatic ring is 1. The first kappa shape index (κ1) is 14.4. The Bertz CT molecular complexity index is 737. The number of nitrogens with zero attached hydrogens (tertiary/aromatic N) is 5. The van der Waals surface area contributed by atoms with E-state index in [9.17, 15) is 5.11 Å². The average molecular weight is 316 g/mol. The van der Waals surface area contributed by atoms with Crippen molar-refractivity contribution < 1.29 is 9.84 Å². The molecule has 23 heavy (non-hydrogen) atoms. The molecule has 1 aliphatic carbocycles. The van der Waals surface area contributed by atoms with Crippen LogP contribution in [0.15, 0.2) is 18.5 Å². The Labute approximate surface area is 133 Å². The van der Waals surface area contributed by atoms with Gasteiger partial charge in [0.15, 0.2) is 17.0 Å². The number of morpholine rings is 1. The summed E-state index contributed by atoms with van der Waals surface area (Å²) in [7, 11) is 0. The fourth-order valence-electron chi connectivity index (χ4n) is 3.25. The third kappa shape index (κ3) is 2.53. The lowest BCUT2D eigenvalue weighted by Crippen LogP contribution is -2.37. The normalized spacial score (nSPS) is 24.7. The first-order chi connectivity index (χ1) is 11.3. The van der Waals surface area contributed by atoms with Gasteiger partial charge >= 0.3 is 0 Å². The van der Waals surface area contributed by atoms with Crippen molar-refractivity contribution in [2.75, 3.05) is 43.5 Å². The monoisotopic (exact) mass is 316 g/mol.